The smallest absolute Gasteiger partial charge is 0.104 e. The summed E-state index contributed by atoms with van der Waals surface area (Å²) in [5, 5.41) is 0. The maximum atomic E-state index is 3.72. The van der Waals surface area contributed by atoms with E-state index in [1.807, 2.05) is 12.4 Å². The molecule has 0 amide bonds. The molecule has 0 aromatic heterocycles. The Hall–Kier alpha value is -0.920. The quantitative estimate of drug-likeness (QED) is 0.571. The van der Waals surface area contributed by atoms with Crippen LogP contribution in [0.1, 0.15) is 13.3 Å². The Bertz CT molecular complexity index is 151. The van der Waals surface area contributed by atoms with Crippen molar-refractivity contribution in [3.8, 4) is 0 Å². The average Bonchev–Trinajstić information content (AvgIpc) is 2.30. The van der Waals surface area contributed by atoms with E-state index >= 15 is 0 Å². The molecule has 2 nitrogen and oxygen atoms in total. The number of hydrogen-bond donors (Lipinski definition) is 0. The fraction of sp³-hybridized carbons (Fsp3) is 0.500. The normalized spacial score (nSPS) is 24.0. The van der Waals surface area contributed by atoms with Crippen molar-refractivity contribution in [3.05, 3.63) is 25.2 Å². The molecule has 1 aliphatic rings. The van der Waals surface area contributed by atoms with Crippen molar-refractivity contribution >= 4 is 0 Å². The molecule has 0 fully saturated rings. The van der Waals surface area contributed by atoms with Crippen molar-refractivity contribution in [2.45, 2.75) is 19.5 Å². The molecular weight excluding hydrogens is 124 g/mol. The summed E-state index contributed by atoms with van der Waals surface area (Å²) < 4.78 is 0. The molecule has 0 aliphatic carbocycles. The van der Waals surface area contributed by atoms with Gasteiger partial charge in [-0.3, -0.25) is 0 Å². The molecule has 0 aromatic carbocycles. The van der Waals surface area contributed by atoms with Crippen molar-refractivity contribution < 1.29 is 0 Å². The van der Waals surface area contributed by atoms with Crippen LogP contribution in [0.25, 0.3) is 0 Å². The van der Waals surface area contributed by atoms with E-state index in [1.165, 1.54) is 0 Å². The second kappa shape index (κ2) is 2.78. The fourth-order valence-electron chi connectivity index (χ4n) is 1.27. The molecule has 56 valence electrons. The molecule has 0 saturated carbocycles. The van der Waals surface area contributed by atoms with Gasteiger partial charge in [-0.25, -0.2) is 0 Å². The lowest BCUT2D eigenvalue weighted by Gasteiger charge is -2.26. The highest BCUT2D eigenvalue weighted by Crippen LogP contribution is 2.15. The molecule has 0 bridgehead atoms. The van der Waals surface area contributed by atoms with Crippen LogP contribution in [-0.4, -0.2) is 23.0 Å². The Labute approximate surface area is 62.4 Å². The monoisotopic (exact) mass is 138 g/mol. The summed E-state index contributed by atoms with van der Waals surface area (Å²) in [6.07, 6.45) is 7.57. The van der Waals surface area contributed by atoms with Crippen LogP contribution < -0.4 is 0 Å². The number of rotatable bonds is 2. The fourth-order valence-corrected chi connectivity index (χ4v) is 1.27. The molecule has 0 radical (unpaired) electrons. The van der Waals surface area contributed by atoms with E-state index in [1.54, 1.807) is 0 Å². The summed E-state index contributed by atoms with van der Waals surface area (Å²) in [6.45, 7) is 5.89. The van der Waals surface area contributed by atoms with Crippen LogP contribution >= 0.6 is 0 Å². The highest BCUT2D eigenvalue weighted by atomic mass is 15.4. The minimum atomic E-state index is 0.484. The summed E-state index contributed by atoms with van der Waals surface area (Å²) >= 11 is 0. The Balaban J connectivity index is 2.61. The summed E-state index contributed by atoms with van der Waals surface area (Å²) in [4.78, 5) is 4.29. The van der Waals surface area contributed by atoms with Crippen LogP contribution in [0.5, 0.6) is 0 Å². The summed E-state index contributed by atoms with van der Waals surface area (Å²) in [5.41, 5.74) is 0. The van der Waals surface area contributed by atoms with Gasteiger partial charge in [0.05, 0.1) is 0 Å². The van der Waals surface area contributed by atoms with Crippen LogP contribution in [0.2, 0.25) is 0 Å². The van der Waals surface area contributed by atoms with Crippen molar-refractivity contribution in [1.29, 1.82) is 0 Å². The van der Waals surface area contributed by atoms with E-state index in [2.05, 4.69) is 36.6 Å². The van der Waals surface area contributed by atoms with Gasteiger partial charge in [0.1, 0.15) is 6.17 Å². The minimum absolute atomic E-state index is 0.484. The SMILES string of the molecule is C=CN1C=CN(C)C1CC. The van der Waals surface area contributed by atoms with Crippen molar-refractivity contribution in [2.75, 3.05) is 7.05 Å². The van der Waals surface area contributed by atoms with Gasteiger partial charge in [0.2, 0.25) is 0 Å². The highest BCUT2D eigenvalue weighted by molar-refractivity contribution is 4.98. The first-order valence-corrected chi connectivity index (χ1v) is 3.60. The second-order valence-electron chi connectivity index (χ2n) is 2.48. The van der Waals surface area contributed by atoms with Gasteiger partial charge in [-0.1, -0.05) is 13.5 Å². The molecule has 2 heteroatoms. The van der Waals surface area contributed by atoms with Crippen LogP contribution in [0.4, 0.5) is 0 Å². The molecule has 1 aliphatic heterocycles. The van der Waals surface area contributed by atoms with Gasteiger partial charge in [0, 0.05) is 19.4 Å². The lowest BCUT2D eigenvalue weighted by Crippen LogP contribution is -2.32. The Morgan fingerprint density at radius 1 is 1.60 bits per heavy atom. The molecule has 1 heterocycles. The Morgan fingerprint density at radius 3 is 2.70 bits per heavy atom. The van der Waals surface area contributed by atoms with E-state index < -0.39 is 0 Å². The number of hydrogen-bond acceptors (Lipinski definition) is 2. The van der Waals surface area contributed by atoms with Gasteiger partial charge in [-0.15, -0.1) is 0 Å². The summed E-state index contributed by atoms with van der Waals surface area (Å²) in [5.74, 6) is 0. The maximum absolute atomic E-state index is 3.72. The standard InChI is InChI=1S/C8H14N2/c1-4-8-9(3)6-7-10(8)5-2/h5-8H,2,4H2,1,3H3. The third kappa shape index (κ3) is 1.01. The zero-order valence-electron chi connectivity index (χ0n) is 6.62. The third-order valence-electron chi connectivity index (χ3n) is 1.86. The molecule has 10 heavy (non-hydrogen) atoms. The molecule has 0 spiro atoms. The molecule has 1 rings (SSSR count). The first-order valence-electron chi connectivity index (χ1n) is 3.60. The molecule has 1 atom stereocenters. The lowest BCUT2D eigenvalue weighted by atomic mass is 10.3. The van der Waals surface area contributed by atoms with Gasteiger partial charge >= 0.3 is 0 Å². The third-order valence-corrected chi connectivity index (χ3v) is 1.86. The first-order chi connectivity index (χ1) is 4.79. The van der Waals surface area contributed by atoms with Gasteiger partial charge < -0.3 is 9.80 Å². The van der Waals surface area contributed by atoms with Crippen molar-refractivity contribution in [3.63, 3.8) is 0 Å². The zero-order chi connectivity index (χ0) is 7.56. The van der Waals surface area contributed by atoms with E-state index in [0.717, 1.165) is 6.42 Å². The van der Waals surface area contributed by atoms with E-state index in [-0.39, 0.29) is 0 Å². The predicted molar refractivity (Wildman–Crippen MR) is 43.0 cm³/mol. The zero-order valence-corrected chi connectivity index (χ0v) is 6.62. The van der Waals surface area contributed by atoms with Crippen LogP contribution in [0, 0.1) is 0 Å². The van der Waals surface area contributed by atoms with Gasteiger partial charge in [0.25, 0.3) is 0 Å². The van der Waals surface area contributed by atoms with Gasteiger partial charge in [0.15, 0.2) is 0 Å². The largest absolute Gasteiger partial charge is 0.359 e. The van der Waals surface area contributed by atoms with E-state index in [9.17, 15) is 0 Å². The maximum Gasteiger partial charge on any atom is 0.104 e. The molecular formula is C8H14N2. The summed E-state index contributed by atoms with van der Waals surface area (Å²) in [7, 11) is 2.08. The summed E-state index contributed by atoms with van der Waals surface area (Å²) in [6, 6.07) is 0. The average molecular weight is 138 g/mol. The molecule has 1 unspecified atom stereocenters. The Morgan fingerprint density at radius 2 is 2.30 bits per heavy atom. The molecule has 0 N–H and O–H groups in total. The minimum Gasteiger partial charge on any atom is -0.359 e. The van der Waals surface area contributed by atoms with Crippen LogP contribution in [0.15, 0.2) is 25.2 Å². The predicted octanol–water partition coefficient (Wildman–Crippen LogP) is 1.58. The Kier molecular flexibility index (Phi) is 2.00. The lowest BCUT2D eigenvalue weighted by molar-refractivity contribution is 0.218. The molecule has 0 saturated heterocycles. The van der Waals surface area contributed by atoms with Crippen LogP contribution in [0.3, 0.4) is 0 Å². The first kappa shape index (κ1) is 7.19. The van der Waals surface area contributed by atoms with E-state index in [0.29, 0.717) is 6.17 Å². The van der Waals surface area contributed by atoms with Gasteiger partial charge in [-0.2, -0.15) is 0 Å². The number of nitrogens with zero attached hydrogens (tertiary/aromatic N) is 2. The topological polar surface area (TPSA) is 6.48 Å². The van der Waals surface area contributed by atoms with Crippen LogP contribution in [-0.2, 0) is 0 Å². The van der Waals surface area contributed by atoms with Gasteiger partial charge in [-0.05, 0) is 12.6 Å². The van der Waals surface area contributed by atoms with Crippen molar-refractivity contribution in [2.24, 2.45) is 0 Å². The van der Waals surface area contributed by atoms with Crippen molar-refractivity contribution in [1.82, 2.24) is 9.80 Å². The highest BCUT2D eigenvalue weighted by Gasteiger charge is 2.18. The molecule has 0 aromatic rings. The second-order valence-corrected chi connectivity index (χ2v) is 2.48. The van der Waals surface area contributed by atoms with E-state index in [4.69, 9.17) is 0 Å².